The van der Waals surface area contributed by atoms with Crippen LogP contribution in [0.25, 0.3) is 0 Å². The Hall–Kier alpha value is -1.05. The predicted molar refractivity (Wildman–Crippen MR) is 49.8 cm³/mol. The van der Waals surface area contributed by atoms with E-state index >= 15 is 0 Å². The highest BCUT2D eigenvalue weighted by Crippen LogP contribution is 2.11. The second kappa shape index (κ2) is 4.75. The largest absolute Gasteiger partial charge is 0.452 e. The molecule has 0 aromatic rings. The first-order chi connectivity index (χ1) is 5.52. The molecule has 0 aliphatic rings. The molecule has 0 saturated carbocycles. The summed E-state index contributed by atoms with van der Waals surface area (Å²) in [4.78, 5) is 10.8. The lowest BCUT2D eigenvalue weighted by Crippen LogP contribution is -2.24. The van der Waals surface area contributed by atoms with E-state index in [-0.39, 0.29) is 5.97 Å². The summed E-state index contributed by atoms with van der Waals surface area (Å²) in [6.45, 7) is 9.02. The fourth-order valence-electron chi connectivity index (χ4n) is 0.737. The molecule has 0 aliphatic carbocycles. The first-order valence-corrected chi connectivity index (χ1v) is 4.05. The number of rotatable bonds is 4. The fourth-order valence-corrected chi connectivity index (χ4v) is 0.737. The first-order valence-electron chi connectivity index (χ1n) is 4.05. The molecule has 2 nitrogen and oxygen atoms in total. The van der Waals surface area contributed by atoms with Gasteiger partial charge in [-0.2, -0.15) is 0 Å². The van der Waals surface area contributed by atoms with Gasteiger partial charge in [-0.25, -0.2) is 4.79 Å². The van der Waals surface area contributed by atoms with Crippen LogP contribution in [0.3, 0.4) is 0 Å². The maximum atomic E-state index is 10.8. The standard InChI is InChI=1S/C10H16O2/c1-5-7-8-10(3,4)12-9(11)6-2/h6-8H,2,5H2,1,3-4H3. The number of esters is 1. The lowest BCUT2D eigenvalue weighted by atomic mass is 10.1. The lowest BCUT2D eigenvalue weighted by Gasteiger charge is -2.19. The third-order valence-electron chi connectivity index (χ3n) is 1.29. The number of carbonyl (C=O) groups is 1. The van der Waals surface area contributed by atoms with E-state index in [1.165, 1.54) is 6.08 Å². The quantitative estimate of drug-likeness (QED) is 0.366. The summed E-state index contributed by atoms with van der Waals surface area (Å²) < 4.78 is 5.05. The van der Waals surface area contributed by atoms with Crippen LogP contribution in [0.4, 0.5) is 0 Å². The van der Waals surface area contributed by atoms with Gasteiger partial charge in [0.05, 0.1) is 0 Å². The Morgan fingerprint density at radius 3 is 2.58 bits per heavy atom. The van der Waals surface area contributed by atoms with Gasteiger partial charge < -0.3 is 4.74 Å². The molecule has 0 saturated heterocycles. The minimum atomic E-state index is -0.527. The molecule has 0 spiro atoms. The highest BCUT2D eigenvalue weighted by atomic mass is 16.6. The third kappa shape index (κ3) is 4.72. The summed E-state index contributed by atoms with van der Waals surface area (Å²) in [6.07, 6.45) is 5.95. The Labute approximate surface area is 73.9 Å². The van der Waals surface area contributed by atoms with Crippen molar-refractivity contribution in [2.45, 2.75) is 32.8 Å². The zero-order valence-electron chi connectivity index (χ0n) is 7.96. The normalized spacial score (nSPS) is 11.6. The van der Waals surface area contributed by atoms with E-state index in [0.717, 1.165) is 6.42 Å². The van der Waals surface area contributed by atoms with E-state index in [9.17, 15) is 4.79 Å². The molecule has 0 bridgehead atoms. The van der Waals surface area contributed by atoms with Crippen molar-refractivity contribution >= 4 is 5.97 Å². The van der Waals surface area contributed by atoms with Crippen molar-refractivity contribution in [3.63, 3.8) is 0 Å². The Morgan fingerprint density at radius 1 is 1.58 bits per heavy atom. The van der Waals surface area contributed by atoms with Crippen LogP contribution in [0.2, 0.25) is 0 Å². The van der Waals surface area contributed by atoms with Crippen LogP contribution in [-0.2, 0) is 9.53 Å². The molecule has 0 heterocycles. The second-order valence-electron chi connectivity index (χ2n) is 3.04. The van der Waals surface area contributed by atoms with Crippen LogP contribution in [0.5, 0.6) is 0 Å². The van der Waals surface area contributed by atoms with Crippen molar-refractivity contribution in [3.05, 3.63) is 24.8 Å². The summed E-state index contributed by atoms with van der Waals surface area (Å²) in [5, 5.41) is 0. The van der Waals surface area contributed by atoms with E-state index in [1.807, 2.05) is 32.9 Å². The molecular formula is C10H16O2. The molecule has 0 radical (unpaired) electrons. The SMILES string of the molecule is C=CC(=O)OC(C)(C)C=CCC. The molecule has 0 rings (SSSR count). The molecule has 2 heteroatoms. The van der Waals surface area contributed by atoms with Crippen molar-refractivity contribution < 1.29 is 9.53 Å². The molecular weight excluding hydrogens is 152 g/mol. The summed E-state index contributed by atoms with van der Waals surface area (Å²) in [5.74, 6) is -0.388. The Bertz CT molecular complexity index is 190. The topological polar surface area (TPSA) is 26.3 Å². The van der Waals surface area contributed by atoms with Crippen LogP contribution in [0.1, 0.15) is 27.2 Å². The van der Waals surface area contributed by atoms with E-state index < -0.39 is 5.60 Å². The number of ether oxygens (including phenoxy) is 1. The molecule has 0 fully saturated rings. The highest BCUT2D eigenvalue weighted by molar-refractivity contribution is 5.81. The van der Waals surface area contributed by atoms with E-state index in [1.54, 1.807) is 0 Å². The Balaban J connectivity index is 4.11. The summed E-state index contributed by atoms with van der Waals surface area (Å²) in [5.41, 5.74) is -0.527. The Kier molecular flexibility index (Phi) is 4.34. The van der Waals surface area contributed by atoms with E-state index in [4.69, 9.17) is 4.74 Å². The maximum Gasteiger partial charge on any atom is 0.330 e. The van der Waals surface area contributed by atoms with Crippen LogP contribution in [0.15, 0.2) is 24.8 Å². The van der Waals surface area contributed by atoms with E-state index in [2.05, 4.69) is 6.58 Å². The zero-order valence-corrected chi connectivity index (χ0v) is 7.96. The summed E-state index contributed by atoms with van der Waals surface area (Å²) in [7, 11) is 0. The van der Waals surface area contributed by atoms with Crippen LogP contribution >= 0.6 is 0 Å². The smallest absolute Gasteiger partial charge is 0.330 e. The van der Waals surface area contributed by atoms with Gasteiger partial charge in [0.1, 0.15) is 5.60 Å². The average molecular weight is 168 g/mol. The van der Waals surface area contributed by atoms with Gasteiger partial charge in [0.15, 0.2) is 0 Å². The molecule has 0 N–H and O–H groups in total. The number of hydrogen-bond acceptors (Lipinski definition) is 2. The van der Waals surface area contributed by atoms with Gasteiger partial charge in [0.25, 0.3) is 0 Å². The van der Waals surface area contributed by atoms with Crippen LogP contribution in [0, 0.1) is 0 Å². The van der Waals surface area contributed by atoms with Crippen molar-refractivity contribution in [1.82, 2.24) is 0 Å². The van der Waals surface area contributed by atoms with Gasteiger partial charge in [-0.05, 0) is 26.3 Å². The maximum absolute atomic E-state index is 10.8. The zero-order chi connectivity index (χ0) is 9.61. The minimum Gasteiger partial charge on any atom is -0.452 e. The van der Waals surface area contributed by atoms with Gasteiger partial charge in [-0.3, -0.25) is 0 Å². The average Bonchev–Trinajstić information content (AvgIpc) is 2.00. The monoisotopic (exact) mass is 168 g/mol. The van der Waals surface area contributed by atoms with Crippen molar-refractivity contribution in [1.29, 1.82) is 0 Å². The lowest BCUT2D eigenvalue weighted by molar-refractivity contribution is -0.146. The Morgan fingerprint density at radius 2 is 2.17 bits per heavy atom. The molecule has 0 amide bonds. The molecule has 0 atom stereocenters. The van der Waals surface area contributed by atoms with Gasteiger partial charge in [-0.15, -0.1) is 0 Å². The van der Waals surface area contributed by atoms with Crippen LogP contribution in [-0.4, -0.2) is 11.6 Å². The number of hydrogen-bond donors (Lipinski definition) is 0. The third-order valence-corrected chi connectivity index (χ3v) is 1.29. The van der Waals surface area contributed by atoms with Gasteiger partial charge >= 0.3 is 5.97 Å². The second-order valence-corrected chi connectivity index (χ2v) is 3.04. The van der Waals surface area contributed by atoms with Crippen molar-refractivity contribution in [3.8, 4) is 0 Å². The van der Waals surface area contributed by atoms with Gasteiger partial charge in [-0.1, -0.05) is 19.6 Å². The van der Waals surface area contributed by atoms with Gasteiger partial charge in [0, 0.05) is 6.08 Å². The molecule has 0 aliphatic heterocycles. The van der Waals surface area contributed by atoms with Crippen molar-refractivity contribution in [2.24, 2.45) is 0 Å². The summed E-state index contributed by atoms with van der Waals surface area (Å²) >= 11 is 0. The molecule has 0 unspecified atom stereocenters. The molecule has 0 aromatic heterocycles. The predicted octanol–water partition coefficient (Wildman–Crippen LogP) is 2.46. The number of carbonyl (C=O) groups excluding carboxylic acids is 1. The minimum absolute atomic E-state index is 0.388. The van der Waals surface area contributed by atoms with Crippen LogP contribution < -0.4 is 0 Å². The summed E-state index contributed by atoms with van der Waals surface area (Å²) in [6, 6.07) is 0. The van der Waals surface area contributed by atoms with Gasteiger partial charge in [0.2, 0.25) is 0 Å². The molecule has 0 aromatic carbocycles. The molecule has 12 heavy (non-hydrogen) atoms. The highest BCUT2D eigenvalue weighted by Gasteiger charge is 2.16. The van der Waals surface area contributed by atoms with Crippen molar-refractivity contribution in [2.75, 3.05) is 0 Å². The fraction of sp³-hybridized carbons (Fsp3) is 0.500. The number of allylic oxidation sites excluding steroid dienone is 1. The van der Waals surface area contributed by atoms with E-state index in [0.29, 0.717) is 0 Å². The first kappa shape index (κ1) is 11.0. The molecule has 68 valence electrons.